The number of hydrogen-bond donors (Lipinski definition) is 2. The predicted octanol–water partition coefficient (Wildman–Crippen LogP) is 1.68. The predicted molar refractivity (Wildman–Crippen MR) is 86.9 cm³/mol. The minimum Gasteiger partial charge on any atom is -0.324 e. The average molecular weight is 326 g/mol. The molecule has 1 aliphatic heterocycles. The van der Waals surface area contributed by atoms with Gasteiger partial charge in [-0.3, -0.25) is 24.6 Å². The van der Waals surface area contributed by atoms with Crippen molar-refractivity contribution in [3.8, 4) is 0 Å². The van der Waals surface area contributed by atoms with E-state index in [0.29, 0.717) is 5.95 Å². The van der Waals surface area contributed by atoms with Crippen LogP contribution in [0.25, 0.3) is 11.0 Å². The number of H-pyrrole nitrogens is 1. The van der Waals surface area contributed by atoms with Gasteiger partial charge in [0.15, 0.2) is 0 Å². The highest BCUT2D eigenvalue weighted by Gasteiger charge is 2.48. The second-order valence-electron chi connectivity index (χ2n) is 6.41. The fourth-order valence-electron chi connectivity index (χ4n) is 3.71. The van der Waals surface area contributed by atoms with Gasteiger partial charge in [-0.1, -0.05) is 25.0 Å². The summed E-state index contributed by atoms with van der Waals surface area (Å²) in [5.41, 5.74) is 1.55. The number of fused-ring (bicyclic) bond motifs is 2. The first-order valence-electron chi connectivity index (χ1n) is 8.23. The van der Waals surface area contributed by atoms with Gasteiger partial charge in [0.1, 0.15) is 6.54 Å². The molecule has 1 saturated carbocycles. The van der Waals surface area contributed by atoms with Crippen LogP contribution in [0.15, 0.2) is 24.3 Å². The number of imide groups is 1. The first-order chi connectivity index (χ1) is 11.6. The Morgan fingerprint density at radius 1 is 1.17 bits per heavy atom. The van der Waals surface area contributed by atoms with Crippen LogP contribution in [0.1, 0.15) is 25.7 Å². The minimum atomic E-state index is -0.422. The molecule has 2 N–H and O–H groups in total. The van der Waals surface area contributed by atoms with Gasteiger partial charge in [0, 0.05) is 0 Å². The molecule has 2 aromatic rings. The van der Waals surface area contributed by atoms with Crippen LogP contribution >= 0.6 is 0 Å². The van der Waals surface area contributed by atoms with E-state index >= 15 is 0 Å². The summed E-state index contributed by atoms with van der Waals surface area (Å²) >= 11 is 0. The minimum absolute atomic E-state index is 0.204. The lowest BCUT2D eigenvalue weighted by atomic mass is 9.81. The Labute approximate surface area is 138 Å². The van der Waals surface area contributed by atoms with E-state index in [0.717, 1.165) is 41.6 Å². The zero-order valence-corrected chi connectivity index (χ0v) is 13.1. The number of rotatable bonds is 3. The monoisotopic (exact) mass is 326 g/mol. The van der Waals surface area contributed by atoms with Crippen molar-refractivity contribution in [2.24, 2.45) is 11.8 Å². The zero-order chi connectivity index (χ0) is 16.7. The average Bonchev–Trinajstić information content (AvgIpc) is 3.09. The summed E-state index contributed by atoms with van der Waals surface area (Å²) in [5, 5.41) is 2.63. The van der Waals surface area contributed by atoms with Gasteiger partial charge in [0.25, 0.3) is 0 Å². The van der Waals surface area contributed by atoms with Gasteiger partial charge in [-0.2, -0.15) is 0 Å². The number of amides is 3. The van der Waals surface area contributed by atoms with Gasteiger partial charge >= 0.3 is 0 Å². The van der Waals surface area contributed by atoms with Gasteiger partial charge in [-0.05, 0) is 25.0 Å². The van der Waals surface area contributed by atoms with E-state index in [2.05, 4.69) is 15.3 Å². The number of aromatic amines is 1. The van der Waals surface area contributed by atoms with Gasteiger partial charge in [-0.25, -0.2) is 4.98 Å². The third-order valence-electron chi connectivity index (χ3n) is 4.88. The normalized spacial score (nSPS) is 23.6. The molecule has 0 unspecified atom stereocenters. The summed E-state index contributed by atoms with van der Waals surface area (Å²) in [4.78, 5) is 45.3. The first-order valence-corrected chi connectivity index (χ1v) is 8.23. The third kappa shape index (κ3) is 2.46. The van der Waals surface area contributed by atoms with Crippen LogP contribution in [0.2, 0.25) is 0 Å². The maximum absolute atomic E-state index is 12.4. The van der Waals surface area contributed by atoms with E-state index in [-0.39, 0.29) is 30.2 Å². The van der Waals surface area contributed by atoms with Crippen molar-refractivity contribution < 1.29 is 14.4 Å². The molecule has 1 aliphatic carbocycles. The summed E-state index contributed by atoms with van der Waals surface area (Å²) in [7, 11) is 0. The van der Waals surface area contributed by atoms with Gasteiger partial charge in [0.05, 0.1) is 22.9 Å². The Morgan fingerprint density at radius 2 is 1.83 bits per heavy atom. The number of anilines is 1. The number of nitrogens with zero attached hydrogens (tertiary/aromatic N) is 2. The quantitative estimate of drug-likeness (QED) is 0.839. The number of carbonyl (C=O) groups excluding carboxylic acids is 3. The SMILES string of the molecule is O=C(CN1C(=O)[C@H]2CCCC[C@H]2C1=O)Nc1nc2ccccc2[nH]1. The lowest BCUT2D eigenvalue weighted by Gasteiger charge is -2.19. The molecule has 4 rings (SSSR count). The first kappa shape index (κ1) is 14.9. The largest absolute Gasteiger partial charge is 0.324 e. The van der Waals surface area contributed by atoms with Gasteiger partial charge in [0.2, 0.25) is 23.7 Å². The van der Waals surface area contributed by atoms with E-state index in [9.17, 15) is 14.4 Å². The molecule has 1 saturated heterocycles. The van der Waals surface area contributed by atoms with Crippen molar-refractivity contribution in [3.05, 3.63) is 24.3 Å². The molecule has 7 nitrogen and oxygen atoms in total. The molecule has 2 heterocycles. The second kappa shape index (κ2) is 5.74. The molecule has 7 heteroatoms. The van der Waals surface area contributed by atoms with E-state index in [1.54, 1.807) is 0 Å². The van der Waals surface area contributed by atoms with Crippen molar-refractivity contribution in [1.29, 1.82) is 0 Å². The van der Waals surface area contributed by atoms with Crippen LogP contribution in [0.4, 0.5) is 5.95 Å². The third-order valence-corrected chi connectivity index (χ3v) is 4.88. The molecular formula is C17H18N4O3. The number of carbonyl (C=O) groups is 3. The van der Waals surface area contributed by atoms with Crippen LogP contribution in [-0.2, 0) is 14.4 Å². The number of aromatic nitrogens is 2. The Balaban J connectivity index is 1.45. The van der Waals surface area contributed by atoms with Crippen molar-refractivity contribution in [1.82, 2.24) is 14.9 Å². The van der Waals surface area contributed by atoms with E-state index in [1.807, 2.05) is 24.3 Å². The van der Waals surface area contributed by atoms with Gasteiger partial charge < -0.3 is 4.98 Å². The zero-order valence-electron chi connectivity index (χ0n) is 13.1. The van der Waals surface area contributed by atoms with E-state index < -0.39 is 5.91 Å². The topological polar surface area (TPSA) is 95.2 Å². The summed E-state index contributed by atoms with van der Waals surface area (Å²) in [6.07, 6.45) is 3.44. The lowest BCUT2D eigenvalue weighted by molar-refractivity contribution is -0.142. The molecule has 0 radical (unpaired) electrons. The summed E-state index contributed by atoms with van der Waals surface area (Å²) in [6.45, 7) is -0.248. The smallest absolute Gasteiger partial charge is 0.246 e. The van der Waals surface area contributed by atoms with Crippen LogP contribution in [0, 0.1) is 11.8 Å². The highest BCUT2D eigenvalue weighted by molar-refractivity contribution is 6.08. The van der Waals surface area contributed by atoms with Crippen LogP contribution in [0.5, 0.6) is 0 Å². The summed E-state index contributed by atoms with van der Waals surface area (Å²) < 4.78 is 0. The van der Waals surface area contributed by atoms with Crippen LogP contribution in [-0.4, -0.2) is 39.1 Å². The number of likely N-dealkylation sites (tertiary alicyclic amines) is 1. The number of para-hydroxylation sites is 2. The maximum atomic E-state index is 12.4. The number of benzene rings is 1. The Hall–Kier alpha value is -2.70. The van der Waals surface area contributed by atoms with E-state index in [1.165, 1.54) is 0 Å². The molecule has 0 bridgehead atoms. The molecule has 2 fully saturated rings. The highest BCUT2D eigenvalue weighted by Crippen LogP contribution is 2.37. The van der Waals surface area contributed by atoms with Crippen molar-refractivity contribution in [2.75, 3.05) is 11.9 Å². The van der Waals surface area contributed by atoms with Crippen LogP contribution in [0.3, 0.4) is 0 Å². The Bertz CT molecular complexity index is 771. The van der Waals surface area contributed by atoms with Crippen molar-refractivity contribution >= 4 is 34.7 Å². The Kier molecular flexibility index (Phi) is 3.55. The standard InChI is InChI=1S/C17H18N4O3/c22-14(20-17-18-12-7-3-4-8-13(12)19-17)9-21-15(23)10-5-1-2-6-11(10)16(21)24/h3-4,7-8,10-11H,1-2,5-6,9H2,(H2,18,19,20,22)/t10-,11+. The van der Waals surface area contributed by atoms with Crippen molar-refractivity contribution in [2.45, 2.75) is 25.7 Å². The fraction of sp³-hybridized carbons (Fsp3) is 0.412. The second-order valence-corrected chi connectivity index (χ2v) is 6.41. The lowest BCUT2D eigenvalue weighted by Crippen LogP contribution is -2.38. The van der Waals surface area contributed by atoms with Crippen LogP contribution < -0.4 is 5.32 Å². The molecule has 1 aromatic heterocycles. The maximum Gasteiger partial charge on any atom is 0.246 e. The number of hydrogen-bond acceptors (Lipinski definition) is 4. The molecule has 24 heavy (non-hydrogen) atoms. The fourth-order valence-corrected chi connectivity index (χ4v) is 3.71. The number of imidazole rings is 1. The van der Waals surface area contributed by atoms with Gasteiger partial charge in [-0.15, -0.1) is 0 Å². The summed E-state index contributed by atoms with van der Waals surface area (Å²) in [6, 6.07) is 7.42. The molecule has 124 valence electrons. The molecular weight excluding hydrogens is 308 g/mol. The van der Waals surface area contributed by atoms with E-state index in [4.69, 9.17) is 0 Å². The molecule has 3 amide bonds. The molecule has 2 aliphatic rings. The Morgan fingerprint density at radius 3 is 2.50 bits per heavy atom. The molecule has 2 atom stereocenters. The summed E-state index contributed by atoms with van der Waals surface area (Å²) in [5.74, 6) is -0.975. The molecule has 0 spiro atoms. The molecule has 1 aromatic carbocycles. The highest BCUT2D eigenvalue weighted by atomic mass is 16.2. The number of nitrogens with one attached hydrogen (secondary N) is 2. The van der Waals surface area contributed by atoms with Crippen molar-refractivity contribution in [3.63, 3.8) is 0 Å².